The van der Waals surface area contributed by atoms with Gasteiger partial charge in [0.05, 0.1) is 11.8 Å². The molecule has 0 aromatic carbocycles. The minimum atomic E-state index is -3.31. The van der Waals surface area contributed by atoms with Crippen LogP contribution in [0.4, 0.5) is 0 Å². The largest absolute Gasteiger partial charge is 0.386 e. The SMILES string of the molecule is CCCCS(=O)(=O)NC(C(=N)N)C1CCCCC1. The van der Waals surface area contributed by atoms with E-state index in [0.717, 1.165) is 32.1 Å². The smallest absolute Gasteiger partial charge is 0.212 e. The zero-order valence-electron chi connectivity index (χ0n) is 11.1. The molecule has 1 saturated carbocycles. The molecule has 0 aliphatic heterocycles. The van der Waals surface area contributed by atoms with Gasteiger partial charge in [0, 0.05) is 0 Å². The number of hydrogen-bond acceptors (Lipinski definition) is 3. The van der Waals surface area contributed by atoms with Gasteiger partial charge in [-0.25, -0.2) is 13.1 Å². The second-order valence-electron chi connectivity index (χ2n) is 5.12. The van der Waals surface area contributed by atoms with E-state index in [9.17, 15) is 8.42 Å². The predicted molar refractivity (Wildman–Crippen MR) is 74.1 cm³/mol. The summed E-state index contributed by atoms with van der Waals surface area (Å²) in [4.78, 5) is 0. The molecule has 0 spiro atoms. The lowest BCUT2D eigenvalue weighted by molar-refractivity contribution is 0.328. The summed E-state index contributed by atoms with van der Waals surface area (Å²) in [6.07, 6.45) is 6.81. The van der Waals surface area contributed by atoms with Crippen LogP contribution in [0, 0.1) is 11.3 Å². The van der Waals surface area contributed by atoms with Crippen molar-refractivity contribution < 1.29 is 8.42 Å². The summed E-state index contributed by atoms with van der Waals surface area (Å²) in [5.41, 5.74) is 5.56. The Hall–Kier alpha value is -0.620. The van der Waals surface area contributed by atoms with Gasteiger partial charge in [-0.2, -0.15) is 0 Å². The van der Waals surface area contributed by atoms with E-state index in [2.05, 4.69) is 4.72 Å². The van der Waals surface area contributed by atoms with E-state index in [4.69, 9.17) is 11.1 Å². The first-order valence-electron chi connectivity index (χ1n) is 6.80. The van der Waals surface area contributed by atoms with Gasteiger partial charge < -0.3 is 5.73 Å². The molecule has 0 saturated heterocycles. The van der Waals surface area contributed by atoms with Crippen LogP contribution in [-0.2, 0) is 10.0 Å². The highest BCUT2D eigenvalue weighted by atomic mass is 32.2. The first kappa shape index (κ1) is 15.4. The van der Waals surface area contributed by atoms with E-state index in [-0.39, 0.29) is 17.5 Å². The summed E-state index contributed by atoms with van der Waals surface area (Å²) in [6.45, 7) is 1.96. The van der Waals surface area contributed by atoms with Gasteiger partial charge in [0.25, 0.3) is 0 Å². The molecule has 0 bridgehead atoms. The molecule has 1 rings (SSSR count). The van der Waals surface area contributed by atoms with Crippen molar-refractivity contribution in [2.75, 3.05) is 5.75 Å². The Bertz CT molecular complexity index is 362. The molecule has 1 aliphatic rings. The molecular weight excluding hydrogens is 250 g/mol. The first-order chi connectivity index (χ1) is 8.46. The third-order valence-corrected chi connectivity index (χ3v) is 4.97. The highest BCUT2D eigenvalue weighted by Crippen LogP contribution is 2.26. The molecule has 0 heterocycles. The van der Waals surface area contributed by atoms with Crippen LogP contribution in [0.3, 0.4) is 0 Å². The lowest BCUT2D eigenvalue weighted by atomic mass is 9.84. The zero-order valence-corrected chi connectivity index (χ0v) is 11.9. The molecule has 5 nitrogen and oxygen atoms in total. The molecule has 0 aromatic heterocycles. The molecule has 18 heavy (non-hydrogen) atoms. The van der Waals surface area contributed by atoms with E-state index in [1.54, 1.807) is 0 Å². The Morgan fingerprint density at radius 3 is 2.50 bits per heavy atom. The third kappa shape index (κ3) is 4.94. The molecule has 106 valence electrons. The fourth-order valence-electron chi connectivity index (χ4n) is 2.47. The lowest BCUT2D eigenvalue weighted by Gasteiger charge is -2.29. The van der Waals surface area contributed by atoms with Crippen molar-refractivity contribution in [3.63, 3.8) is 0 Å². The minimum Gasteiger partial charge on any atom is -0.386 e. The number of rotatable bonds is 7. The number of hydrogen-bond donors (Lipinski definition) is 3. The monoisotopic (exact) mass is 275 g/mol. The van der Waals surface area contributed by atoms with E-state index in [1.807, 2.05) is 6.92 Å². The van der Waals surface area contributed by atoms with Gasteiger partial charge in [0.15, 0.2) is 0 Å². The normalized spacial score (nSPS) is 19.6. The molecule has 0 aromatic rings. The highest BCUT2D eigenvalue weighted by Gasteiger charge is 2.29. The Labute approximate surface area is 110 Å². The van der Waals surface area contributed by atoms with Crippen LogP contribution in [-0.4, -0.2) is 26.0 Å². The molecule has 6 heteroatoms. The summed E-state index contributed by atoms with van der Waals surface area (Å²) < 4.78 is 26.4. The Morgan fingerprint density at radius 1 is 1.39 bits per heavy atom. The van der Waals surface area contributed by atoms with Crippen LogP contribution in [0.1, 0.15) is 51.9 Å². The van der Waals surface area contributed by atoms with Crippen LogP contribution in [0.25, 0.3) is 0 Å². The molecule has 1 atom stereocenters. The highest BCUT2D eigenvalue weighted by molar-refractivity contribution is 7.89. The number of nitrogens with one attached hydrogen (secondary N) is 2. The Morgan fingerprint density at radius 2 is 2.00 bits per heavy atom. The van der Waals surface area contributed by atoms with Gasteiger partial charge in [-0.3, -0.25) is 5.41 Å². The van der Waals surface area contributed by atoms with Gasteiger partial charge in [-0.1, -0.05) is 32.6 Å². The summed E-state index contributed by atoms with van der Waals surface area (Å²) >= 11 is 0. The van der Waals surface area contributed by atoms with Crippen molar-refractivity contribution in [2.24, 2.45) is 11.7 Å². The van der Waals surface area contributed by atoms with Crippen molar-refractivity contribution in [3.8, 4) is 0 Å². The molecule has 0 amide bonds. The van der Waals surface area contributed by atoms with Crippen LogP contribution >= 0.6 is 0 Å². The average Bonchev–Trinajstić information content (AvgIpc) is 2.34. The van der Waals surface area contributed by atoms with Crippen LogP contribution in [0.15, 0.2) is 0 Å². The molecule has 4 N–H and O–H groups in total. The van der Waals surface area contributed by atoms with Gasteiger partial charge in [-0.15, -0.1) is 0 Å². The van der Waals surface area contributed by atoms with Crippen molar-refractivity contribution in [1.29, 1.82) is 5.41 Å². The van der Waals surface area contributed by atoms with Gasteiger partial charge >= 0.3 is 0 Å². The van der Waals surface area contributed by atoms with Crippen LogP contribution < -0.4 is 10.5 Å². The average molecular weight is 275 g/mol. The summed E-state index contributed by atoms with van der Waals surface area (Å²) in [5.74, 6) is 0.259. The standard InChI is InChI=1S/C12H25N3O2S/c1-2-3-9-18(16,17)15-11(12(13)14)10-7-5-4-6-8-10/h10-11,15H,2-9H2,1H3,(H3,13,14). The van der Waals surface area contributed by atoms with E-state index in [1.165, 1.54) is 6.42 Å². The maximum Gasteiger partial charge on any atom is 0.212 e. The molecular formula is C12H25N3O2S. The maximum atomic E-state index is 11.9. The second kappa shape index (κ2) is 7.09. The van der Waals surface area contributed by atoms with Gasteiger partial charge in [0.2, 0.25) is 10.0 Å². The molecule has 0 radical (unpaired) electrons. The fourth-order valence-corrected chi connectivity index (χ4v) is 3.96. The summed E-state index contributed by atoms with van der Waals surface area (Å²) in [6, 6.07) is -0.507. The maximum absolute atomic E-state index is 11.9. The van der Waals surface area contributed by atoms with Crippen LogP contribution in [0.2, 0.25) is 0 Å². The number of sulfonamides is 1. The Balaban J connectivity index is 2.64. The van der Waals surface area contributed by atoms with Crippen LogP contribution in [0.5, 0.6) is 0 Å². The number of unbranched alkanes of at least 4 members (excludes halogenated alkanes) is 1. The molecule has 1 aliphatic carbocycles. The molecule has 1 fully saturated rings. The number of amidine groups is 1. The fraction of sp³-hybridized carbons (Fsp3) is 0.917. The number of nitrogens with two attached hydrogens (primary N) is 1. The Kier molecular flexibility index (Phi) is 6.08. The first-order valence-corrected chi connectivity index (χ1v) is 8.45. The van der Waals surface area contributed by atoms with Crippen molar-refractivity contribution in [1.82, 2.24) is 4.72 Å². The third-order valence-electron chi connectivity index (χ3n) is 3.53. The van der Waals surface area contributed by atoms with E-state index < -0.39 is 16.1 Å². The quantitative estimate of drug-likeness (QED) is 0.486. The van der Waals surface area contributed by atoms with Gasteiger partial charge in [-0.05, 0) is 25.2 Å². The summed E-state index contributed by atoms with van der Waals surface area (Å²) in [7, 11) is -3.31. The van der Waals surface area contributed by atoms with E-state index >= 15 is 0 Å². The summed E-state index contributed by atoms with van der Waals surface area (Å²) in [5, 5.41) is 7.60. The predicted octanol–water partition coefficient (Wildman–Crippen LogP) is 1.59. The molecule has 1 unspecified atom stereocenters. The zero-order chi connectivity index (χ0) is 13.6. The topological polar surface area (TPSA) is 96.0 Å². The van der Waals surface area contributed by atoms with E-state index in [0.29, 0.717) is 6.42 Å². The second-order valence-corrected chi connectivity index (χ2v) is 6.99. The lowest BCUT2D eigenvalue weighted by Crippen LogP contribution is -2.49. The van der Waals surface area contributed by atoms with Crippen molar-refractivity contribution >= 4 is 15.9 Å². The van der Waals surface area contributed by atoms with Crippen molar-refractivity contribution in [3.05, 3.63) is 0 Å². The van der Waals surface area contributed by atoms with Crippen molar-refractivity contribution in [2.45, 2.75) is 57.9 Å². The van der Waals surface area contributed by atoms with Gasteiger partial charge in [0.1, 0.15) is 5.84 Å². The minimum absolute atomic E-state index is 0.0537.